The van der Waals surface area contributed by atoms with Crippen molar-refractivity contribution < 1.29 is 17.6 Å². The summed E-state index contributed by atoms with van der Waals surface area (Å²) in [6.45, 7) is 2.54. The Morgan fingerprint density at radius 1 is 1.22 bits per heavy atom. The minimum Gasteiger partial charge on any atom is -0.411 e. The van der Waals surface area contributed by atoms with E-state index in [1.807, 2.05) is 6.07 Å². The molecule has 0 spiro atoms. The molecule has 8 nitrogen and oxygen atoms in total. The fourth-order valence-electron chi connectivity index (χ4n) is 2.35. The van der Waals surface area contributed by atoms with Crippen molar-refractivity contribution >= 4 is 17.3 Å². The summed E-state index contributed by atoms with van der Waals surface area (Å²) in [5, 5.41) is 25.2. The van der Waals surface area contributed by atoms with Gasteiger partial charge >= 0.3 is 6.18 Å². The molecule has 2 aromatic heterocycles. The first-order valence-corrected chi connectivity index (χ1v) is 9.78. The number of alkyl halides is 3. The quantitative estimate of drug-likeness (QED) is 0.334. The number of nitrogens with zero attached hydrogens (tertiary/aromatic N) is 5. The van der Waals surface area contributed by atoms with Crippen LogP contribution in [-0.2, 0) is 0 Å². The summed E-state index contributed by atoms with van der Waals surface area (Å²) in [6.07, 6.45) is -2.21. The van der Waals surface area contributed by atoms with Crippen molar-refractivity contribution in [3.63, 3.8) is 0 Å². The van der Waals surface area contributed by atoms with Crippen LogP contribution in [0.2, 0.25) is 0 Å². The summed E-state index contributed by atoms with van der Waals surface area (Å²) in [7, 11) is 0. The second kappa shape index (κ2) is 9.11. The zero-order chi connectivity index (χ0) is 23.5. The van der Waals surface area contributed by atoms with Crippen molar-refractivity contribution in [1.29, 1.82) is 10.7 Å². The predicted molar refractivity (Wildman–Crippen MR) is 110 cm³/mol. The molecule has 3 aromatic rings. The van der Waals surface area contributed by atoms with Gasteiger partial charge in [-0.25, -0.2) is 9.66 Å². The third-order valence-electron chi connectivity index (χ3n) is 4.25. The molecule has 0 aliphatic heterocycles. The predicted octanol–water partition coefficient (Wildman–Crippen LogP) is 4.06. The summed E-state index contributed by atoms with van der Waals surface area (Å²) < 4.78 is 44.7. The highest BCUT2D eigenvalue weighted by Crippen LogP contribution is 2.29. The Morgan fingerprint density at radius 3 is 2.53 bits per heavy atom. The molecule has 3 N–H and O–H groups in total. The molecule has 0 saturated carbocycles. The van der Waals surface area contributed by atoms with Gasteiger partial charge in [-0.15, -0.1) is 10.2 Å². The Hall–Kier alpha value is -3.85. The van der Waals surface area contributed by atoms with Gasteiger partial charge < -0.3 is 10.3 Å². The first-order chi connectivity index (χ1) is 15.1. The molecule has 0 saturated heterocycles. The van der Waals surface area contributed by atoms with Gasteiger partial charge in [-0.2, -0.15) is 18.4 Å². The number of nitrogen functional groups attached to an aromatic ring is 1. The number of nitrogens with two attached hydrogens (primary N) is 1. The highest BCUT2D eigenvalue weighted by atomic mass is 32.2. The number of benzene rings is 1. The van der Waals surface area contributed by atoms with Crippen molar-refractivity contribution in [2.75, 3.05) is 5.84 Å². The van der Waals surface area contributed by atoms with Gasteiger partial charge in [-0.3, -0.25) is 5.41 Å². The van der Waals surface area contributed by atoms with Crippen molar-refractivity contribution in [3.8, 4) is 17.5 Å². The average molecular weight is 459 g/mol. The lowest BCUT2D eigenvalue weighted by molar-refractivity contribution is -0.0912. The van der Waals surface area contributed by atoms with Crippen molar-refractivity contribution in [2.45, 2.75) is 30.3 Å². The monoisotopic (exact) mass is 459 g/mol. The highest BCUT2D eigenvalue weighted by Gasteiger charge is 2.29. The first kappa shape index (κ1) is 22.8. The molecule has 0 radical (unpaired) electrons. The topological polar surface area (TPSA) is 130 Å². The first-order valence-electron chi connectivity index (χ1n) is 8.97. The zero-order valence-corrected chi connectivity index (χ0v) is 17.6. The summed E-state index contributed by atoms with van der Waals surface area (Å²) in [5.41, 5.74) is 0.726. The van der Waals surface area contributed by atoms with Crippen LogP contribution in [0.25, 0.3) is 17.0 Å². The van der Waals surface area contributed by atoms with Crippen molar-refractivity contribution in [3.05, 3.63) is 64.9 Å². The van der Waals surface area contributed by atoms with Gasteiger partial charge in [0.05, 0.1) is 17.3 Å². The van der Waals surface area contributed by atoms with E-state index in [4.69, 9.17) is 20.9 Å². The van der Waals surface area contributed by atoms with Crippen LogP contribution in [0.5, 0.6) is 0 Å². The Morgan fingerprint density at radius 2 is 1.91 bits per heavy atom. The molecule has 0 atom stereocenters. The van der Waals surface area contributed by atoms with E-state index in [2.05, 4.69) is 15.2 Å². The molecule has 0 bridgehead atoms. The van der Waals surface area contributed by atoms with Crippen LogP contribution < -0.4 is 11.5 Å². The van der Waals surface area contributed by atoms with Crippen LogP contribution in [0.1, 0.15) is 25.1 Å². The SMILES string of the molecule is C/C(=C\C=C(/C)C(F)(F)F)c1cc(Sc2nnc(-c3ccc(C#N)cc3)o2)n(N)c(=N)n1. The molecule has 12 heteroatoms. The van der Waals surface area contributed by atoms with E-state index in [0.717, 1.165) is 29.4 Å². The van der Waals surface area contributed by atoms with Crippen LogP contribution in [0.15, 0.2) is 62.7 Å². The molecule has 2 heterocycles. The number of aromatic nitrogens is 4. The smallest absolute Gasteiger partial charge is 0.411 e. The molecule has 1 aromatic carbocycles. The average Bonchev–Trinajstić information content (AvgIpc) is 3.22. The zero-order valence-electron chi connectivity index (χ0n) is 16.8. The number of halogens is 3. The lowest BCUT2D eigenvalue weighted by Gasteiger charge is -2.09. The fourth-order valence-corrected chi connectivity index (χ4v) is 3.08. The Kier molecular flexibility index (Phi) is 6.50. The summed E-state index contributed by atoms with van der Waals surface area (Å²) >= 11 is 0.974. The van der Waals surface area contributed by atoms with Crippen LogP contribution in [0.3, 0.4) is 0 Å². The minimum atomic E-state index is -4.42. The van der Waals surface area contributed by atoms with Crippen LogP contribution in [0, 0.1) is 16.7 Å². The highest BCUT2D eigenvalue weighted by molar-refractivity contribution is 7.99. The molecule has 0 fully saturated rings. The Bertz CT molecular complexity index is 1300. The third-order valence-corrected chi connectivity index (χ3v) is 5.11. The molecule has 0 aliphatic carbocycles. The van der Waals surface area contributed by atoms with Crippen LogP contribution in [0.4, 0.5) is 13.2 Å². The number of rotatable bonds is 5. The fraction of sp³-hybridized carbons (Fsp3) is 0.150. The van der Waals surface area contributed by atoms with Gasteiger partial charge in [-0.1, -0.05) is 12.2 Å². The maximum atomic E-state index is 12.7. The molecule has 0 unspecified atom stereocenters. The van der Waals surface area contributed by atoms with E-state index in [9.17, 15) is 13.2 Å². The minimum absolute atomic E-state index is 0.134. The van der Waals surface area contributed by atoms with Gasteiger partial charge in [0.1, 0.15) is 5.03 Å². The van der Waals surface area contributed by atoms with Crippen LogP contribution >= 0.6 is 11.8 Å². The summed E-state index contributed by atoms with van der Waals surface area (Å²) in [5.74, 6) is 6.10. The third kappa shape index (κ3) is 5.25. The number of hydrogen-bond acceptors (Lipinski definition) is 8. The largest absolute Gasteiger partial charge is 0.412 e. The van der Waals surface area contributed by atoms with Gasteiger partial charge in [0.2, 0.25) is 11.5 Å². The molecular formula is C20H16F3N7OS. The molecule has 164 valence electrons. The van der Waals surface area contributed by atoms with E-state index in [0.29, 0.717) is 21.7 Å². The van der Waals surface area contributed by atoms with E-state index in [1.54, 1.807) is 31.2 Å². The Balaban J connectivity index is 1.88. The molecule has 32 heavy (non-hydrogen) atoms. The lowest BCUT2D eigenvalue weighted by atomic mass is 10.1. The summed E-state index contributed by atoms with van der Waals surface area (Å²) in [6, 6.07) is 10.1. The maximum absolute atomic E-state index is 12.7. The number of allylic oxidation sites excluding steroid dienone is 4. The standard InChI is InChI=1S/C20H16F3N7OS/c1-11(3-4-12(2)20(21,22)23)15-9-16(30(26)18(25)27-15)32-19-29-28-17(31-19)14-7-5-13(10-24)6-8-14/h3-9,25H,26H2,1-2H3/b11-3+,12-4+,25-18?. The maximum Gasteiger partial charge on any atom is 0.412 e. The molecular weight excluding hydrogens is 443 g/mol. The number of nitriles is 1. The second-order valence-corrected chi connectivity index (χ2v) is 7.51. The van der Waals surface area contributed by atoms with E-state index in [1.165, 1.54) is 12.1 Å². The van der Waals surface area contributed by atoms with Crippen molar-refractivity contribution in [2.24, 2.45) is 0 Å². The van der Waals surface area contributed by atoms with E-state index in [-0.39, 0.29) is 22.4 Å². The van der Waals surface area contributed by atoms with Gasteiger partial charge in [0, 0.05) is 11.1 Å². The number of hydrogen-bond donors (Lipinski definition) is 2. The Labute approximate surface area is 184 Å². The van der Waals surface area contributed by atoms with E-state index >= 15 is 0 Å². The lowest BCUT2D eigenvalue weighted by Crippen LogP contribution is -2.31. The molecule has 0 amide bonds. The second-order valence-electron chi connectivity index (χ2n) is 6.53. The van der Waals surface area contributed by atoms with E-state index < -0.39 is 11.7 Å². The number of nitrogens with one attached hydrogen (secondary N) is 1. The summed E-state index contributed by atoms with van der Waals surface area (Å²) in [4.78, 5) is 4.00. The molecule has 0 aliphatic rings. The normalized spacial score (nSPS) is 12.6. The van der Waals surface area contributed by atoms with Gasteiger partial charge in [0.25, 0.3) is 5.22 Å². The van der Waals surface area contributed by atoms with Crippen LogP contribution in [-0.4, -0.2) is 26.0 Å². The van der Waals surface area contributed by atoms with Crippen molar-refractivity contribution in [1.82, 2.24) is 19.9 Å². The van der Waals surface area contributed by atoms with Gasteiger partial charge in [0.15, 0.2) is 0 Å². The van der Waals surface area contributed by atoms with Gasteiger partial charge in [-0.05, 0) is 61.5 Å². The molecule has 3 rings (SSSR count).